The summed E-state index contributed by atoms with van der Waals surface area (Å²) in [5.74, 6) is 2.27. The molecule has 4 rings (SSSR count). The molecule has 0 aliphatic carbocycles. The topological polar surface area (TPSA) is 90.9 Å². The van der Waals surface area contributed by atoms with Gasteiger partial charge in [-0.3, -0.25) is 0 Å². The maximum absolute atomic E-state index is 11.7. The minimum absolute atomic E-state index is 0.0694. The average molecular weight is 419 g/mol. The minimum atomic E-state index is -2.95. The normalized spacial score (nSPS) is 18.6. The highest BCUT2D eigenvalue weighted by molar-refractivity contribution is 7.98. The van der Waals surface area contributed by atoms with E-state index in [1.807, 2.05) is 30.7 Å². The van der Waals surface area contributed by atoms with E-state index >= 15 is 0 Å². The first-order valence-corrected chi connectivity index (χ1v) is 11.9. The molecule has 0 spiro atoms. The molecule has 28 heavy (non-hydrogen) atoms. The van der Waals surface area contributed by atoms with Crippen molar-refractivity contribution < 1.29 is 12.8 Å². The Morgan fingerprint density at radius 3 is 2.82 bits per heavy atom. The first-order chi connectivity index (χ1) is 13.3. The van der Waals surface area contributed by atoms with Gasteiger partial charge in [-0.1, -0.05) is 29.5 Å². The van der Waals surface area contributed by atoms with Gasteiger partial charge in [0.15, 0.2) is 15.0 Å². The molecule has 0 saturated carbocycles. The van der Waals surface area contributed by atoms with Crippen LogP contribution < -0.4 is 0 Å². The molecule has 9 heteroatoms. The van der Waals surface area contributed by atoms with E-state index in [1.165, 1.54) is 17.3 Å². The van der Waals surface area contributed by atoms with Gasteiger partial charge in [0.05, 0.1) is 17.2 Å². The average Bonchev–Trinajstić information content (AvgIpc) is 3.32. The summed E-state index contributed by atoms with van der Waals surface area (Å²) in [5.41, 5.74) is 4.15. The zero-order valence-corrected chi connectivity index (χ0v) is 17.7. The van der Waals surface area contributed by atoms with Crippen molar-refractivity contribution in [2.24, 2.45) is 7.05 Å². The van der Waals surface area contributed by atoms with Crippen molar-refractivity contribution in [2.75, 3.05) is 11.5 Å². The number of oxazole rings is 1. The van der Waals surface area contributed by atoms with Gasteiger partial charge in [-0.25, -0.2) is 13.4 Å². The van der Waals surface area contributed by atoms with Gasteiger partial charge in [-0.15, -0.1) is 10.2 Å². The van der Waals surface area contributed by atoms with E-state index < -0.39 is 9.84 Å². The Labute approximate surface area is 168 Å². The standard InChI is InChI=1S/C19H22N4O3S2/c1-12-4-5-16(13(2)8-12)18-20-15(9-26-18)10-27-19-22-21-17(23(19)3)14-6-7-28(24,25)11-14/h4-5,8-9,14H,6-7,10-11H2,1-3H3. The number of sulfone groups is 1. The van der Waals surface area contributed by atoms with Crippen molar-refractivity contribution >= 4 is 21.6 Å². The van der Waals surface area contributed by atoms with Crippen molar-refractivity contribution in [2.45, 2.75) is 37.1 Å². The summed E-state index contributed by atoms with van der Waals surface area (Å²) < 4.78 is 31.0. The molecule has 1 atom stereocenters. The smallest absolute Gasteiger partial charge is 0.226 e. The Bertz CT molecular complexity index is 1120. The summed E-state index contributed by atoms with van der Waals surface area (Å²) in [6.45, 7) is 4.11. The second kappa shape index (κ2) is 7.36. The maximum atomic E-state index is 11.7. The van der Waals surface area contributed by atoms with E-state index in [9.17, 15) is 8.42 Å². The highest BCUT2D eigenvalue weighted by Gasteiger charge is 2.32. The monoisotopic (exact) mass is 418 g/mol. The Kier molecular flexibility index (Phi) is 5.05. The third-order valence-electron chi connectivity index (χ3n) is 4.98. The fourth-order valence-corrected chi connectivity index (χ4v) is 6.03. The van der Waals surface area contributed by atoms with E-state index in [0.717, 1.165) is 27.8 Å². The van der Waals surface area contributed by atoms with Crippen molar-refractivity contribution in [1.82, 2.24) is 19.7 Å². The van der Waals surface area contributed by atoms with Gasteiger partial charge >= 0.3 is 0 Å². The maximum Gasteiger partial charge on any atom is 0.226 e. The molecule has 0 radical (unpaired) electrons. The molecule has 1 saturated heterocycles. The number of hydrogen-bond donors (Lipinski definition) is 0. The van der Waals surface area contributed by atoms with Crippen LogP contribution in [0, 0.1) is 13.8 Å². The predicted octanol–water partition coefficient (Wildman–Crippen LogP) is 3.28. The molecule has 0 amide bonds. The summed E-state index contributed by atoms with van der Waals surface area (Å²) in [6, 6.07) is 6.18. The largest absolute Gasteiger partial charge is 0.444 e. The van der Waals surface area contributed by atoms with Crippen molar-refractivity contribution in [1.29, 1.82) is 0 Å². The number of aryl methyl sites for hydroxylation is 2. The third-order valence-corrected chi connectivity index (χ3v) is 7.80. The van der Waals surface area contributed by atoms with Crippen LogP contribution in [-0.4, -0.2) is 39.7 Å². The number of aromatic nitrogens is 4. The van der Waals surface area contributed by atoms with Crippen LogP contribution in [-0.2, 0) is 22.6 Å². The Morgan fingerprint density at radius 2 is 2.11 bits per heavy atom. The lowest BCUT2D eigenvalue weighted by Gasteiger charge is -2.07. The molecular weight excluding hydrogens is 396 g/mol. The molecule has 1 aliphatic rings. The first kappa shape index (κ1) is 19.2. The molecule has 1 fully saturated rings. The van der Waals surface area contributed by atoms with Gasteiger partial charge in [0, 0.05) is 24.3 Å². The number of hydrogen-bond acceptors (Lipinski definition) is 7. The fraction of sp³-hybridized carbons (Fsp3) is 0.421. The van der Waals surface area contributed by atoms with Crippen LogP contribution >= 0.6 is 11.8 Å². The summed E-state index contributed by atoms with van der Waals surface area (Å²) in [5, 5.41) is 9.21. The number of nitrogens with zero attached hydrogens (tertiary/aromatic N) is 4. The van der Waals surface area contributed by atoms with Gasteiger partial charge in [0.25, 0.3) is 0 Å². The minimum Gasteiger partial charge on any atom is -0.444 e. The Morgan fingerprint density at radius 1 is 1.29 bits per heavy atom. The second-order valence-corrected chi connectivity index (χ2v) is 10.4. The van der Waals surface area contributed by atoms with E-state index in [0.29, 0.717) is 18.1 Å². The van der Waals surface area contributed by atoms with E-state index in [2.05, 4.69) is 28.2 Å². The molecular formula is C19H22N4O3S2. The van der Waals surface area contributed by atoms with Crippen molar-refractivity contribution in [3.63, 3.8) is 0 Å². The fourth-order valence-electron chi connectivity index (χ4n) is 3.50. The molecule has 1 unspecified atom stereocenters. The highest BCUT2D eigenvalue weighted by atomic mass is 32.2. The molecule has 3 heterocycles. The highest BCUT2D eigenvalue weighted by Crippen LogP contribution is 2.31. The third kappa shape index (κ3) is 3.86. The number of thioether (sulfide) groups is 1. The molecule has 148 valence electrons. The molecule has 3 aromatic rings. The molecule has 1 aromatic carbocycles. The van der Waals surface area contributed by atoms with Gasteiger partial charge in [0.2, 0.25) is 5.89 Å². The number of benzene rings is 1. The van der Waals surface area contributed by atoms with Crippen LogP contribution in [0.15, 0.2) is 34.0 Å². The SMILES string of the molecule is Cc1ccc(-c2nc(CSc3nnc(C4CCS(=O)(=O)C4)n3C)co2)c(C)c1. The van der Waals surface area contributed by atoms with Crippen LogP contribution in [0.2, 0.25) is 0 Å². The summed E-state index contributed by atoms with van der Waals surface area (Å²) in [7, 11) is -1.07. The molecule has 0 N–H and O–H groups in total. The van der Waals surface area contributed by atoms with Crippen LogP contribution in [0.1, 0.15) is 35.0 Å². The second-order valence-electron chi connectivity index (χ2n) is 7.25. The Hall–Kier alpha value is -2.13. The molecule has 1 aliphatic heterocycles. The zero-order chi connectivity index (χ0) is 19.9. The quantitative estimate of drug-likeness (QED) is 0.587. The number of rotatable bonds is 5. The summed E-state index contributed by atoms with van der Waals surface area (Å²) in [4.78, 5) is 4.59. The summed E-state index contributed by atoms with van der Waals surface area (Å²) in [6.07, 6.45) is 2.28. The van der Waals surface area contributed by atoms with Gasteiger partial charge in [-0.2, -0.15) is 0 Å². The lowest BCUT2D eigenvalue weighted by Crippen LogP contribution is -2.09. The summed E-state index contributed by atoms with van der Waals surface area (Å²) >= 11 is 1.51. The van der Waals surface area contributed by atoms with Gasteiger partial charge in [-0.05, 0) is 31.9 Å². The molecule has 7 nitrogen and oxygen atoms in total. The van der Waals surface area contributed by atoms with Crippen LogP contribution in [0.3, 0.4) is 0 Å². The van der Waals surface area contributed by atoms with Crippen molar-refractivity contribution in [3.8, 4) is 11.5 Å². The molecule has 0 bridgehead atoms. The van der Waals surface area contributed by atoms with Gasteiger partial charge in [0.1, 0.15) is 12.1 Å². The van der Waals surface area contributed by atoms with Gasteiger partial charge < -0.3 is 8.98 Å². The Balaban J connectivity index is 1.45. The zero-order valence-electron chi connectivity index (χ0n) is 16.0. The lowest BCUT2D eigenvalue weighted by molar-refractivity contribution is 0.573. The van der Waals surface area contributed by atoms with Crippen molar-refractivity contribution in [3.05, 3.63) is 47.1 Å². The van der Waals surface area contributed by atoms with Crippen LogP contribution in [0.4, 0.5) is 0 Å². The first-order valence-electron chi connectivity index (χ1n) is 9.07. The van der Waals surface area contributed by atoms with E-state index in [4.69, 9.17) is 4.42 Å². The molecule has 2 aromatic heterocycles. The van der Waals surface area contributed by atoms with E-state index in [1.54, 1.807) is 6.26 Å². The lowest BCUT2D eigenvalue weighted by atomic mass is 10.1. The van der Waals surface area contributed by atoms with Crippen LogP contribution in [0.25, 0.3) is 11.5 Å². The van der Waals surface area contributed by atoms with E-state index in [-0.39, 0.29) is 17.4 Å². The predicted molar refractivity (Wildman–Crippen MR) is 108 cm³/mol. The van der Waals surface area contributed by atoms with Crippen LogP contribution in [0.5, 0.6) is 0 Å².